The molecule has 1 aromatic carbocycles. The third-order valence-corrected chi connectivity index (χ3v) is 11.8. The molecule has 1 N–H and O–H groups in total. The van der Waals surface area contributed by atoms with Crippen molar-refractivity contribution in [2.45, 2.75) is 65.3 Å². The largest absolute Gasteiger partial charge is 0.488 e. The van der Waals surface area contributed by atoms with Crippen molar-refractivity contribution in [3.63, 3.8) is 0 Å². The number of carbonyl (C=O) groups is 2. The number of anilines is 1. The Kier molecular flexibility index (Phi) is 9.08. The molecule has 218 valence electrons. The van der Waals surface area contributed by atoms with E-state index in [0.29, 0.717) is 40.9 Å². The Morgan fingerprint density at radius 3 is 2.32 bits per heavy atom. The number of nitrogens with one attached hydrogen (secondary N) is 1. The standard InChI is InChI=1S/C30H39N5O5Si/c1-20-16-33-27(18-31-20)34-28(36)22-13-24(39-21(2)19-38-41(6,7)30(3,4)5)15-25(14-22)40-23-9-10-26(32-17-23)29(37)35-11-8-12-35/h9-10,13-18,21H,8,11-12,19H2,1-7H3,(H,33,34,36)/t21-/m0/s1. The van der Waals surface area contributed by atoms with Gasteiger partial charge in [-0.15, -0.1) is 0 Å². The van der Waals surface area contributed by atoms with Crippen LogP contribution in [-0.4, -0.2) is 65.8 Å². The Morgan fingerprint density at radius 1 is 1.00 bits per heavy atom. The molecule has 3 aromatic rings. The molecule has 0 aliphatic carbocycles. The predicted molar refractivity (Wildman–Crippen MR) is 159 cm³/mol. The van der Waals surface area contributed by atoms with Crippen LogP contribution in [0.3, 0.4) is 0 Å². The first-order valence-electron chi connectivity index (χ1n) is 13.8. The number of amides is 2. The van der Waals surface area contributed by atoms with E-state index in [4.69, 9.17) is 13.9 Å². The Bertz CT molecular complexity index is 1370. The molecule has 1 atom stereocenters. The van der Waals surface area contributed by atoms with E-state index < -0.39 is 14.2 Å². The molecule has 0 spiro atoms. The van der Waals surface area contributed by atoms with Gasteiger partial charge in [0, 0.05) is 24.7 Å². The maximum atomic E-state index is 13.2. The first-order valence-corrected chi connectivity index (χ1v) is 16.7. The quantitative estimate of drug-likeness (QED) is 0.298. The normalized spacial score (nSPS) is 14.2. The number of nitrogens with zero attached hydrogens (tertiary/aromatic N) is 4. The summed E-state index contributed by atoms with van der Waals surface area (Å²) in [4.78, 5) is 40.0. The molecule has 2 amide bonds. The van der Waals surface area contributed by atoms with Gasteiger partial charge in [-0.2, -0.15) is 0 Å². The molecule has 1 aliphatic rings. The fourth-order valence-electron chi connectivity index (χ4n) is 3.67. The van der Waals surface area contributed by atoms with Gasteiger partial charge < -0.3 is 24.1 Å². The van der Waals surface area contributed by atoms with Gasteiger partial charge >= 0.3 is 0 Å². The smallest absolute Gasteiger partial charge is 0.272 e. The Hall–Kier alpha value is -3.83. The lowest BCUT2D eigenvalue weighted by Gasteiger charge is -2.36. The molecule has 2 aromatic heterocycles. The summed E-state index contributed by atoms with van der Waals surface area (Å²) in [6, 6.07) is 8.30. The average Bonchev–Trinajstić information content (AvgIpc) is 2.87. The summed E-state index contributed by atoms with van der Waals surface area (Å²) in [5, 5.41) is 2.84. The lowest BCUT2D eigenvalue weighted by atomic mass is 10.2. The zero-order valence-corrected chi connectivity index (χ0v) is 25.9. The number of likely N-dealkylation sites (tertiary alicyclic amines) is 1. The number of rotatable bonds is 10. The van der Waals surface area contributed by atoms with Crippen molar-refractivity contribution >= 4 is 25.9 Å². The van der Waals surface area contributed by atoms with Gasteiger partial charge in [0.25, 0.3) is 11.8 Å². The van der Waals surface area contributed by atoms with E-state index in [9.17, 15) is 9.59 Å². The maximum absolute atomic E-state index is 13.2. The number of aromatic nitrogens is 3. The van der Waals surface area contributed by atoms with E-state index in [-0.39, 0.29) is 17.0 Å². The molecule has 3 heterocycles. The molecule has 0 unspecified atom stereocenters. The van der Waals surface area contributed by atoms with Gasteiger partial charge in [0.15, 0.2) is 14.1 Å². The van der Waals surface area contributed by atoms with Crippen LogP contribution < -0.4 is 14.8 Å². The summed E-state index contributed by atoms with van der Waals surface area (Å²) in [5.74, 6) is 1.10. The molecule has 11 heteroatoms. The molecule has 1 fully saturated rings. The molecule has 0 saturated carbocycles. The summed E-state index contributed by atoms with van der Waals surface area (Å²) in [6.45, 7) is 16.6. The van der Waals surface area contributed by atoms with Crippen LogP contribution in [0.1, 0.15) is 60.7 Å². The third kappa shape index (κ3) is 7.89. The molecule has 1 aliphatic heterocycles. The second kappa shape index (κ2) is 12.4. The topological polar surface area (TPSA) is 116 Å². The highest BCUT2D eigenvalue weighted by Gasteiger charge is 2.37. The first kappa shape index (κ1) is 30.1. The highest BCUT2D eigenvalue weighted by Crippen LogP contribution is 2.37. The van der Waals surface area contributed by atoms with Crippen LogP contribution in [0.4, 0.5) is 5.82 Å². The second-order valence-electron chi connectivity index (χ2n) is 11.8. The van der Waals surface area contributed by atoms with Gasteiger partial charge in [0.05, 0.1) is 30.9 Å². The number of hydrogen-bond acceptors (Lipinski definition) is 8. The van der Waals surface area contributed by atoms with Gasteiger partial charge in [0.2, 0.25) is 0 Å². The zero-order valence-electron chi connectivity index (χ0n) is 24.9. The number of pyridine rings is 1. The summed E-state index contributed by atoms with van der Waals surface area (Å²) in [7, 11) is -1.96. The zero-order chi connectivity index (χ0) is 29.8. The molecular formula is C30H39N5O5Si. The monoisotopic (exact) mass is 577 g/mol. The Labute approximate surface area is 242 Å². The summed E-state index contributed by atoms with van der Waals surface area (Å²) < 4.78 is 18.6. The van der Waals surface area contributed by atoms with Gasteiger partial charge in [-0.1, -0.05) is 20.8 Å². The molecule has 10 nitrogen and oxygen atoms in total. The number of aryl methyl sites for hydroxylation is 1. The van der Waals surface area contributed by atoms with Gasteiger partial charge in [-0.3, -0.25) is 14.6 Å². The van der Waals surface area contributed by atoms with Crippen molar-refractivity contribution in [2.75, 3.05) is 25.0 Å². The lowest BCUT2D eigenvalue weighted by molar-refractivity contribution is 0.0645. The van der Waals surface area contributed by atoms with Crippen LogP contribution in [-0.2, 0) is 4.43 Å². The summed E-state index contributed by atoms with van der Waals surface area (Å²) in [6.07, 6.45) is 5.32. The van der Waals surface area contributed by atoms with Gasteiger partial charge in [-0.25, -0.2) is 9.97 Å². The van der Waals surface area contributed by atoms with E-state index in [0.717, 1.165) is 25.2 Å². The minimum atomic E-state index is -1.96. The van der Waals surface area contributed by atoms with Crippen LogP contribution in [0.5, 0.6) is 17.2 Å². The van der Waals surface area contributed by atoms with Crippen molar-refractivity contribution < 1.29 is 23.5 Å². The van der Waals surface area contributed by atoms with Crippen molar-refractivity contribution in [3.05, 3.63) is 65.9 Å². The van der Waals surface area contributed by atoms with Crippen molar-refractivity contribution in [2.24, 2.45) is 0 Å². The second-order valence-corrected chi connectivity index (χ2v) is 16.6. The highest BCUT2D eigenvalue weighted by molar-refractivity contribution is 6.74. The summed E-state index contributed by atoms with van der Waals surface area (Å²) in [5.41, 5.74) is 1.42. The molecule has 4 rings (SSSR count). The average molecular weight is 578 g/mol. The van der Waals surface area contributed by atoms with E-state index in [1.807, 2.05) is 13.8 Å². The minimum absolute atomic E-state index is 0.0774. The van der Waals surface area contributed by atoms with Crippen LogP contribution in [0.15, 0.2) is 48.9 Å². The van der Waals surface area contributed by atoms with Crippen LogP contribution in [0.2, 0.25) is 18.1 Å². The maximum Gasteiger partial charge on any atom is 0.272 e. The van der Waals surface area contributed by atoms with E-state index in [1.54, 1.807) is 41.4 Å². The highest BCUT2D eigenvalue weighted by atomic mass is 28.4. The van der Waals surface area contributed by atoms with Crippen LogP contribution in [0, 0.1) is 6.92 Å². The predicted octanol–water partition coefficient (Wildman–Crippen LogP) is 5.86. The van der Waals surface area contributed by atoms with E-state index in [2.05, 4.69) is 54.1 Å². The summed E-state index contributed by atoms with van der Waals surface area (Å²) >= 11 is 0. The molecule has 41 heavy (non-hydrogen) atoms. The lowest BCUT2D eigenvalue weighted by Crippen LogP contribution is -2.43. The fourth-order valence-corrected chi connectivity index (χ4v) is 4.75. The molecule has 1 saturated heterocycles. The van der Waals surface area contributed by atoms with E-state index in [1.165, 1.54) is 12.4 Å². The van der Waals surface area contributed by atoms with E-state index >= 15 is 0 Å². The Balaban J connectivity index is 1.53. The third-order valence-electron chi connectivity index (χ3n) is 7.32. The molecule has 0 bridgehead atoms. The van der Waals surface area contributed by atoms with Gasteiger partial charge in [-0.05, 0) is 62.7 Å². The number of carbonyl (C=O) groups excluding carboxylic acids is 2. The van der Waals surface area contributed by atoms with Crippen molar-refractivity contribution in [3.8, 4) is 17.2 Å². The minimum Gasteiger partial charge on any atom is -0.488 e. The van der Waals surface area contributed by atoms with Crippen molar-refractivity contribution in [1.82, 2.24) is 19.9 Å². The van der Waals surface area contributed by atoms with Gasteiger partial charge in [0.1, 0.15) is 29.0 Å². The van der Waals surface area contributed by atoms with Crippen molar-refractivity contribution in [1.29, 1.82) is 0 Å². The first-order chi connectivity index (χ1) is 19.3. The Morgan fingerprint density at radius 2 is 1.73 bits per heavy atom. The van der Waals surface area contributed by atoms with Crippen LogP contribution >= 0.6 is 0 Å². The van der Waals surface area contributed by atoms with Crippen LogP contribution in [0.25, 0.3) is 0 Å². The SMILES string of the molecule is Cc1cnc(NC(=O)c2cc(Oc3ccc(C(=O)N4CCC4)nc3)cc(O[C@@H](C)CO[Si](C)(C)C(C)(C)C)c2)cn1. The molecular weight excluding hydrogens is 538 g/mol. The number of hydrogen-bond donors (Lipinski definition) is 1. The number of ether oxygens (including phenoxy) is 2. The number of benzene rings is 1. The fraction of sp³-hybridized carbons (Fsp3) is 0.433. The molecule has 0 radical (unpaired) electrons.